The van der Waals surface area contributed by atoms with E-state index in [0.29, 0.717) is 18.8 Å². The average molecular weight is 374 g/mol. The second-order valence-corrected chi connectivity index (χ2v) is 6.65. The van der Waals surface area contributed by atoms with Crippen molar-refractivity contribution >= 4 is 5.97 Å². The maximum absolute atomic E-state index is 13.9. The van der Waals surface area contributed by atoms with Crippen LogP contribution in [-0.2, 0) is 9.53 Å². The molecule has 1 N–H and O–H groups in total. The molecule has 1 aliphatic carbocycles. The van der Waals surface area contributed by atoms with Crippen LogP contribution in [0.5, 0.6) is 5.75 Å². The number of allylic oxidation sites excluding steroid dienone is 4. The van der Waals surface area contributed by atoms with Gasteiger partial charge in [0.1, 0.15) is 17.7 Å². The van der Waals surface area contributed by atoms with Crippen molar-refractivity contribution in [3.8, 4) is 5.75 Å². The third-order valence-electron chi connectivity index (χ3n) is 4.54. The molecular formula is C22H27FO4. The molecule has 0 unspecified atom stereocenters. The number of rotatable bonds is 7. The van der Waals surface area contributed by atoms with Crippen LogP contribution >= 0.6 is 0 Å². The summed E-state index contributed by atoms with van der Waals surface area (Å²) in [5.74, 6) is -0.511. The largest absolute Gasteiger partial charge is 0.490 e. The predicted molar refractivity (Wildman–Crippen MR) is 103 cm³/mol. The van der Waals surface area contributed by atoms with Crippen molar-refractivity contribution in [3.05, 3.63) is 65.5 Å². The number of hydrogen-bond acceptors (Lipinski definition) is 3. The summed E-state index contributed by atoms with van der Waals surface area (Å²) in [7, 11) is 0. The highest BCUT2D eigenvalue weighted by Crippen LogP contribution is 2.27. The molecule has 0 saturated carbocycles. The molecule has 2 rings (SSSR count). The first kappa shape index (κ1) is 20.9. The van der Waals surface area contributed by atoms with E-state index in [1.807, 2.05) is 26.0 Å². The summed E-state index contributed by atoms with van der Waals surface area (Å²) in [6.07, 6.45) is 4.29. The first-order valence-corrected chi connectivity index (χ1v) is 9.21. The van der Waals surface area contributed by atoms with Gasteiger partial charge in [-0.3, -0.25) is 4.79 Å². The maximum Gasteiger partial charge on any atom is 0.306 e. The van der Waals surface area contributed by atoms with E-state index in [9.17, 15) is 9.18 Å². The van der Waals surface area contributed by atoms with E-state index in [4.69, 9.17) is 14.6 Å². The average Bonchev–Trinajstić information content (AvgIpc) is 2.68. The number of aliphatic carboxylic acids is 1. The van der Waals surface area contributed by atoms with E-state index < -0.39 is 12.1 Å². The first-order valence-electron chi connectivity index (χ1n) is 9.21. The molecule has 4 nitrogen and oxygen atoms in total. The lowest BCUT2D eigenvalue weighted by molar-refractivity contribution is -0.140. The quantitative estimate of drug-likeness (QED) is 0.682. The summed E-state index contributed by atoms with van der Waals surface area (Å²) >= 11 is 0. The van der Waals surface area contributed by atoms with Crippen molar-refractivity contribution in [3.63, 3.8) is 0 Å². The van der Waals surface area contributed by atoms with Crippen LogP contribution in [0.4, 0.5) is 4.39 Å². The smallest absolute Gasteiger partial charge is 0.306 e. The molecule has 0 bridgehead atoms. The third-order valence-corrected chi connectivity index (χ3v) is 4.54. The first-order chi connectivity index (χ1) is 12.9. The van der Waals surface area contributed by atoms with Crippen molar-refractivity contribution in [2.75, 3.05) is 6.61 Å². The van der Waals surface area contributed by atoms with Crippen LogP contribution in [0.3, 0.4) is 0 Å². The van der Waals surface area contributed by atoms with Crippen LogP contribution in [0.2, 0.25) is 0 Å². The zero-order chi connectivity index (χ0) is 19.8. The van der Waals surface area contributed by atoms with Crippen LogP contribution in [0.1, 0.15) is 51.2 Å². The Hall–Kier alpha value is -2.40. The fraction of sp³-hybridized carbons (Fsp3) is 0.409. The summed E-state index contributed by atoms with van der Waals surface area (Å²) in [6.45, 7) is 8.14. The molecule has 0 radical (unpaired) electrons. The lowest BCUT2D eigenvalue weighted by Gasteiger charge is -2.19. The molecule has 1 aromatic rings. The molecule has 2 atom stereocenters. The van der Waals surface area contributed by atoms with Crippen LogP contribution < -0.4 is 4.74 Å². The minimum atomic E-state index is -0.905. The Labute approximate surface area is 160 Å². The van der Waals surface area contributed by atoms with Crippen molar-refractivity contribution in [2.24, 2.45) is 0 Å². The molecule has 146 valence electrons. The van der Waals surface area contributed by atoms with Gasteiger partial charge in [-0.25, -0.2) is 4.39 Å². The Balaban J connectivity index is 2.05. The van der Waals surface area contributed by atoms with Crippen molar-refractivity contribution < 1.29 is 23.8 Å². The number of ether oxygens (including phenoxy) is 2. The van der Waals surface area contributed by atoms with E-state index in [0.717, 1.165) is 29.6 Å². The Morgan fingerprint density at radius 3 is 2.70 bits per heavy atom. The maximum atomic E-state index is 13.9. The zero-order valence-corrected chi connectivity index (χ0v) is 15.9. The highest BCUT2D eigenvalue weighted by Gasteiger charge is 2.17. The van der Waals surface area contributed by atoms with Gasteiger partial charge < -0.3 is 14.6 Å². The van der Waals surface area contributed by atoms with E-state index in [2.05, 4.69) is 6.58 Å². The Kier molecular flexibility index (Phi) is 7.80. The summed E-state index contributed by atoms with van der Waals surface area (Å²) < 4.78 is 25.4. The molecule has 5 heteroatoms. The fourth-order valence-corrected chi connectivity index (χ4v) is 2.96. The molecule has 1 aliphatic rings. The predicted octanol–water partition coefficient (Wildman–Crippen LogP) is 5.53. The van der Waals surface area contributed by atoms with Crippen molar-refractivity contribution in [1.82, 2.24) is 0 Å². The van der Waals surface area contributed by atoms with E-state index in [-0.39, 0.29) is 18.4 Å². The molecule has 1 aromatic carbocycles. The number of hydrogen-bond donors (Lipinski definition) is 1. The fourth-order valence-electron chi connectivity index (χ4n) is 2.96. The molecule has 0 aliphatic heterocycles. The van der Waals surface area contributed by atoms with Gasteiger partial charge in [0.05, 0.1) is 12.5 Å². The van der Waals surface area contributed by atoms with Crippen LogP contribution in [0.25, 0.3) is 0 Å². The van der Waals surface area contributed by atoms with Gasteiger partial charge in [-0.1, -0.05) is 24.3 Å². The van der Waals surface area contributed by atoms with Gasteiger partial charge in [0, 0.05) is 13.0 Å². The van der Waals surface area contributed by atoms with Gasteiger partial charge in [-0.05, 0) is 62.1 Å². The Morgan fingerprint density at radius 1 is 1.37 bits per heavy atom. The summed E-state index contributed by atoms with van der Waals surface area (Å²) in [6, 6.07) is 7.23. The summed E-state index contributed by atoms with van der Waals surface area (Å²) in [4.78, 5) is 11.0. The molecule has 0 spiro atoms. The molecule has 0 amide bonds. The second kappa shape index (κ2) is 10.1. The molecular weight excluding hydrogens is 347 g/mol. The van der Waals surface area contributed by atoms with Gasteiger partial charge in [-0.15, -0.1) is 0 Å². The van der Waals surface area contributed by atoms with Crippen LogP contribution in [0, 0.1) is 0 Å². The van der Waals surface area contributed by atoms with Crippen molar-refractivity contribution in [1.29, 1.82) is 0 Å². The summed E-state index contributed by atoms with van der Waals surface area (Å²) in [5.41, 5.74) is 2.56. The normalized spacial score (nSPS) is 21.1. The lowest BCUT2D eigenvalue weighted by Crippen LogP contribution is -2.16. The Bertz CT molecular complexity index is 718. The molecule has 0 heterocycles. The van der Waals surface area contributed by atoms with Gasteiger partial charge in [0.2, 0.25) is 0 Å². The zero-order valence-electron chi connectivity index (χ0n) is 15.9. The van der Waals surface area contributed by atoms with Gasteiger partial charge in [0.15, 0.2) is 0 Å². The molecule has 0 aromatic heterocycles. The minimum absolute atomic E-state index is 0.0881. The van der Waals surface area contributed by atoms with E-state index in [1.165, 1.54) is 6.08 Å². The SMILES string of the molecule is C=C1CC[C@@H](Oc2ccc([C@H](CC(=O)O)OCC)cc2)C/C=C(/F)C=C1C. The Morgan fingerprint density at radius 2 is 2.07 bits per heavy atom. The molecule has 27 heavy (non-hydrogen) atoms. The number of benzene rings is 1. The number of carboxylic acids is 1. The number of carboxylic acid groups (broad SMARTS) is 1. The van der Waals surface area contributed by atoms with E-state index >= 15 is 0 Å². The van der Waals surface area contributed by atoms with Gasteiger partial charge in [-0.2, -0.15) is 0 Å². The molecule has 0 fully saturated rings. The van der Waals surface area contributed by atoms with Crippen LogP contribution in [-0.4, -0.2) is 23.8 Å². The lowest BCUT2D eigenvalue weighted by atomic mass is 10.0. The van der Waals surface area contributed by atoms with E-state index in [1.54, 1.807) is 18.2 Å². The highest BCUT2D eigenvalue weighted by atomic mass is 19.1. The summed E-state index contributed by atoms with van der Waals surface area (Å²) in [5, 5.41) is 9.02. The standard InChI is InChI=1S/C22H27FO4/c1-4-26-21(14-22(24)25)17-6-10-20(11-7-17)27-19-9-5-15(2)16(3)13-18(23)8-12-19/h6-8,10-11,13,19,21H,2,4-5,9,12,14H2,1,3H3,(H,24,25)/b16-13?,18-8+/t19-,21+/m1/s1. The monoisotopic (exact) mass is 374 g/mol. The van der Waals surface area contributed by atoms with Crippen LogP contribution in [0.15, 0.2) is 60.0 Å². The number of carbonyl (C=O) groups is 1. The highest BCUT2D eigenvalue weighted by molar-refractivity contribution is 5.67. The third kappa shape index (κ3) is 6.68. The van der Waals surface area contributed by atoms with Gasteiger partial charge in [0.25, 0.3) is 0 Å². The van der Waals surface area contributed by atoms with Gasteiger partial charge >= 0.3 is 5.97 Å². The second-order valence-electron chi connectivity index (χ2n) is 6.65. The minimum Gasteiger partial charge on any atom is -0.490 e. The topological polar surface area (TPSA) is 55.8 Å². The number of halogens is 1. The molecule has 0 saturated heterocycles. The van der Waals surface area contributed by atoms with Crippen molar-refractivity contribution in [2.45, 2.75) is 51.7 Å².